The first-order valence-electron chi connectivity index (χ1n) is 0. The van der Waals surface area contributed by atoms with E-state index in [4.69, 9.17) is 0 Å². The van der Waals surface area contributed by atoms with Crippen molar-refractivity contribution in [2.45, 2.75) is 0 Å². The molecular formula is H8KS4. The predicted octanol–water partition coefficient (Wildman–Crippen LogP) is 0.0704. The molecule has 0 unspecified atom stereocenters. The zero-order chi connectivity index (χ0) is 0. The third-order valence-corrected chi connectivity index (χ3v) is 0. The third-order valence-electron chi connectivity index (χ3n) is 0. The molecule has 33 valence electrons. The fourth-order valence-electron chi connectivity index (χ4n) is 0. The van der Waals surface area contributed by atoms with Gasteiger partial charge in [0.05, 0.1) is 0 Å². The molecule has 0 saturated carbocycles. The van der Waals surface area contributed by atoms with Crippen LogP contribution >= 0.6 is 54.0 Å². The Morgan fingerprint density at radius 1 is 0.400 bits per heavy atom. The van der Waals surface area contributed by atoms with Gasteiger partial charge < -0.3 is 0 Å². The SMILES string of the molecule is S.S.S.S.[K]. The van der Waals surface area contributed by atoms with Crippen LogP contribution in [0.3, 0.4) is 0 Å². The molecule has 0 aliphatic heterocycles. The summed E-state index contributed by atoms with van der Waals surface area (Å²) in [6, 6.07) is 0. The van der Waals surface area contributed by atoms with Gasteiger partial charge in [-0.25, -0.2) is 0 Å². The Balaban J connectivity index is 0. The average molecular weight is 175 g/mol. The Morgan fingerprint density at radius 3 is 0.400 bits per heavy atom. The standard InChI is InChI=1S/K.4H2S/h;4*1H2. The second-order valence-electron chi connectivity index (χ2n) is 0. The van der Waals surface area contributed by atoms with Crippen LogP contribution in [-0.4, -0.2) is 51.4 Å². The van der Waals surface area contributed by atoms with E-state index in [1.54, 1.807) is 0 Å². The third kappa shape index (κ3) is 19.4. The molecule has 0 aliphatic rings. The van der Waals surface area contributed by atoms with Crippen LogP contribution in [0.5, 0.6) is 0 Å². The van der Waals surface area contributed by atoms with Gasteiger partial charge in [-0.3, -0.25) is 0 Å². The zero-order valence-corrected chi connectivity index (χ0v) is 10.1. The summed E-state index contributed by atoms with van der Waals surface area (Å²) < 4.78 is 0. The molecule has 0 rings (SSSR count). The van der Waals surface area contributed by atoms with Crippen LogP contribution in [-0.2, 0) is 0 Å². The minimum Gasteiger partial charge on any atom is -0.197 e. The molecule has 0 aromatic rings. The van der Waals surface area contributed by atoms with Crippen molar-refractivity contribution in [1.82, 2.24) is 0 Å². The first kappa shape index (κ1) is 43.2. The van der Waals surface area contributed by atoms with Crippen LogP contribution in [0.4, 0.5) is 0 Å². The number of hydrogen-bond acceptors (Lipinski definition) is 0. The van der Waals surface area contributed by atoms with Gasteiger partial charge in [-0.1, -0.05) is 0 Å². The molecule has 0 nitrogen and oxygen atoms in total. The molecule has 0 fully saturated rings. The number of rotatable bonds is 0. The summed E-state index contributed by atoms with van der Waals surface area (Å²) in [5.74, 6) is 0. The molecule has 1 radical (unpaired) electrons. The van der Waals surface area contributed by atoms with Crippen molar-refractivity contribution >= 4 is 105 Å². The second kappa shape index (κ2) is 27.8. The van der Waals surface area contributed by atoms with Gasteiger partial charge in [-0.2, -0.15) is 54.0 Å². The summed E-state index contributed by atoms with van der Waals surface area (Å²) in [7, 11) is 0. The van der Waals surface area contributed by atoms with Gasteiger partial charge in [0.1, 0.15) is 0 Å². The van der Waals surface area contributed by atoms with Crippen molar-refractivity contribution in [3.63, 3.8) is 0 Å². The van der Waals surface area contributed by atoms with Crippen molar-refractivity contribution in [1.29, 1.82) is 0 Å². The van der Waals surface area contributed by atoms with E-state index in [0.29, 0.717) is 0 Å². The molecule has 0 aromatic heterocycles. The van der Waals surface area contributed by atoms with E-state index < -0.39 is 0 Å². The van der Waals surface area contributed by atoms with Crippen molar-refractivity contribution in [2.24, 2.45) is 0 Å². The molecule has 0 heterocycles. The first-order chi connectivity index (χ1) is 0. The molecule has 0 aromatic carbocycles. The minimum absolute atomic E-state index is 0. The molecular weight excluding hydrogens is 167 g/mol. The molecule has 0 bridgehead atoms. The quantitative estimate of drug-likeness (QED) is 0.457. The van der Waals surface area contributed by atoms with E-state index in [1.165, 1.54) is 0 Å². The molecule has 0 spiro atoms. The van der Waals surface area contributed by atoms with E-state index >= 15 is 0 Å². The first-order valence-corrected chi connectivity index (χ1v) is 0. The van der Waals surface area contributed by atoms with Crippen LogP contribution in [0.25, 0.3) is 0 Å². The minimum atomic E-state index is 0. The maximum atomic E-state index is 0. The van der Waals surface area contributed by atoms with Gasteiger partial charge in [0.2, 0.25) is 0 Å². The van der Waals surface area contributed by atoms with E-state index in [-0.39, 0.29) is 105 Å². The molecule has 5 heteroatoms. The molecule has 0 aliphatic carbocycles. The van der Waals surface area contributed by atoms with Crippen LogP contribution in [0.2, 0.25) is 0 Å². The fourth-order valence-corrected chi connectivity index (χ4v) is 0. The zero-order valence-electron chi connectivity index (χ0n) is 3.00. The van der Waals surface area contributed by atoms with Crippen molar-refractivity contribution < 1.29 is 0 Å². The molecule has 0 saturated heterocycles. The summed E-state index contributed by atoms with van der Waals surface area (Å²) in [5, 5.41) is 0. The van der Waals surface area contributed by atoms with Crippen LogP contribution in [0.15, 0.2) is 0 Å². The van der Waals surface area contributed by atoms with Crippen LogP contribution in [0, 0.1) is 0 Å². The van der Waals surface area contributed by atoms with Crippen molar-refractivity contribution in [2.75, 3.05) is 0 Å². The maximum absolute atomic E-state index is 0. The Kier molecular flexibility index (Phi) is 240. The number of hydrogen-bond donors (Lipinski definition) is 0. The van der Waals surface area contributed by atoms with E-state index in [0.717, 1.165) is 0 Å². The normalized spacial score (nSPS) is 0. The monoisotopic (exact) mass is 175 g/mol. The largest absolute Gasteiger partial charge is 0.197 e. The summed E-state index contributed by atoms with van der Waals surface area (Å²) >= 11 is 0. The fraction of sp³-hybridized carbons (Fsp3) is 0. The predicted molar refractivity (Wildman–Crippen MR) is 47.3 cm³/mol. The van der Waals surface area contributed by atoms with Crippen molar-refractivity contribution in [3.05, 3.63) is 0 Å². The summed E-state index contributed by atoms with van der Waals surface area (Å²) in [5.41, 5.74) is 0. The summed E-state index contributed by atoms with van der Waals surface area (Å²) in [6.45, 7) is 0. The van der Waals surface area contributed by atoms with E-state index in [1.807, 2.05) is 0 Å². The van der Waals surface area contributed by atoms with Gasteiger partial charge in [0, 0.05) is 51.4 Å². The second-order valence-corrected chi connectivity index (χ2v) is 0. The van der Waals surface area contributed by atoms with E-state index in [2.05, 4.69) is 0 Å². The Hall–Kier alpha value is 3.04. The van der Waals surface area contributed by atoms with Crippen molar-refractivity contribution in [3.8, 4) is 0 Å². The topological polar surface area (TPSA) is 0 Å². The molecule has 0 amide bonds. The molecule has 0 N–H and O–H groups in total. The maximum Gasteiger partial charge on any atom is 0 e. The molecule has 5 heavy (non-hydrogen) atoms. The van der Waals surface area contributed by atoms with Gasteiger partial charge in [0.25, 0.3) is 0 Å². The molecule has 0 atom stereocenters. The Morgan fingerprint density at radius 2 is 0.400 bits per heavy atom. The summed E-state index contributed by atoms with van der Waals surface area (Å²) in [6.07, 6.45) is 0. The van der Waals surface area contributed by atoms with Crippen LogP contribution in [0.1, 0.15) is 0 Å². The Labute approximate surface area is 103 Å². The van der Waals surface area contributed by atoms with E-state index in [9.17, 15) is 0 Å². The van der Waals surface area contributed by atoms with Gasteiger partial charge in [-0.15, -0.1) is 0 Å². The van der Waals surface area contributed by atoms with Gasteiger partial charge in [0.15, 0.2) is 0 Å². The van der Waals surface area contributed by atoms with Gasteiger partial charge in [-0.05, 0) is 0 Å². The smallest absolute Gasteiger partial charge is 0 e. The Bertz CT molecular complexity index is 3.61. The van der Waals surface area contributed by atoms with Crippen LogP contribution < -0.4 is 0 Å². The average Bonchev–Trinajstić information content (AvgIpc) is 0. The summed E-state index contributed by atoms with van der Waals surface area (Å²) in [4.78, 5) is 0. The van der Waals surface area contributed by atoms with Gasteiger partial charge >= 0.3 is 0 Å².